The maximum atomic E-state index is 4.50. The van der Waals surface area contributed by atoms with Gasteiger partial charge in [-0.25, -0.2) is 4.98 Å². The molecule has 9 heteroatoms. The molecule has 26 heavy (non-hydrogen) atoms. The average Bonchev–Trinajstić information content (AvgIpc) is 3.08. The van der Waals surface area contributed by atoms with E-state index in [-0.39, 0.29) is 5.41 Å². The van der Waals surface area contributed by atoms with Crippen molar-refractivity contribution in [1.82, 2.24) is 30.4 Å². The van der Waals surface area contributed by atoms with Crippen LogP contribution in [0, 0.1) is 0 Å². The number of aromatic amines is 1. The zero-order valence-corrected chi connectivity index (χ0v) is 16.5. The van der Waals surface area contributed by atoms with E-state index in [4.69, 9.17) is 0 Å². The molecule has 0 atom stereocenters. The number of rotatable bonds is 6. The molecule has 0 unspecified atom stereocenters. The second-order valence-corrected chi connectivity index (χ2v) is 7.68. The first kappa shape index (κ1) is 18.2. The van der Waals surface area contributed by atoms with E-state index in [9.17, 15) is 0 Å². The lowest BCUT2D eigenvalue weighted by Gasteiger charge is -2.14. The number of nitrogens with one attached hydrogen (secondary N) is 3. The molecule has 0 saturated heterocycles. The van der Waals surface area contributed by atoms with Crippen molar-refractivity contribution >= 4 is 33.5 Å². The predicted molar refractivity (Wildman–Crippen MR) is 105 cm³/mol. The Morgan fingerprint density at radius 3 is 2.81 bits per heavy atom. The summed E-state index contributed by atoms with van der Waals surface area (Å²) in [6, 6.07) is 5.79. The number of anilines is 3. The van der Waals surface area contributed by atoms with Crippen LogP contribution in [0.2, 0.25) is 0 Å². The molecule has 3 rings (SSSR count). The molecule has 0 saturated carbocycles. The number of aromatic nitrogens is 6. The summed E-state index contributed by atoms with van der Waals surface area (Å²) < 4.78 is 0.761. The normalized spacial score (nSPS) is 11.4. The number of H-pyrrole nitrogens is 1. The lowest BCUT2D eigenvalue weighted by atomic mass is 9.92. The van der Waals surface area contributed by atoms with Crippen LogP contribution >= 0.6 is 15.9 Å². The maximum Gasteiger partial charge on any atom is 0.224 e. The Hall–Kier alpha value is -2.55. The second-order valence-electron chi connectivity index (χ2n) is 6.82. The molecule has 0 aliphatic heterocycles. The Balaban J connectivity index is 1.65. The molecular weight excluding hydrogens is 396 g/mol. The van der Waals surface area contributed by atoms with Gasteiger partial charge in [-0.15, -0.1) is 0 Å². The fourth-order valence-electron chi connectivity index (χ4n) is 2.20. The van der Waals surface area contributed by atoms with Crippen LogP contribution in [-0.2, 0) is 11.8 Å². The molecule has 3 N–H and O–H groups in total. The molecular formula is C17H21BrN8. The van der Waals surface area contributed by atoms with Crippen LogP contribution in [0.3, 0.4) is 0 Å². The molecule has 136 valence electrons. The third-order valence-corrected chi connectivity index (χ3v) is 4.25. The molecule has 3 heterocycles. The third kappa shape index (κ3) is 4.75. The van der Waals surface area contributed by atoms with Gasteiger partial charge in [0.15, 0.2) is 11.6 Å². The van der Waals surface area contributed by atoms with E-state index in [1.807, 2.05) is 18.2 Å². The van der Waals surface area contributed by atoms with Crippen LogP contribution < -0.4 is 10.6 Å². The largest absolute Gasteiger partial charge is 0.354 e. The van der Waals surface area contributed by atoms with Crippen LogP contribution in [-0.4, -0.2) is 36.9 Å². The van der Waals surface area contributed by atoms with Crippen molar-refractivity contribution in [3.05, 3.63) is 46.5 Å². The Morgan fingerprint density at radius 1 is 1.27 bits per heavy atom. The van der Waals surface area contributed by atoms with Crippen molar-refractivity contribution in [2.24, 2.45) is 0 Å². The van der Waals surface area contributed by atoms with Crippen molar-refractivity contribution < 1.29 is 0 Å². The second kappa shape index (κ2) is 7.77. The molecule has 0 aromatic carbocycles. The summed E-state index contributed by atoms with van der Waals surface area (Å²) in [6.45, 7) is 7.05. The fourth-order valence-corrected chi connectivity index (χ4v) is 2.49. The minimum atomic E-state index is 0.00286. The highest BCUT2D eigenvalue weighted by molar-refractivity contribution is 9.10. The summed E-state index contributed by atoms with van der Waals surface area (Å²) in [5, 5.41) is 21.7. The summed E-state index contributed by atoms with van der Waals surface area (Å²) in [4.78, 5) is 8.78. The van der Waals surface area contributed by atoms with E-state index >= 15 is 0 Å². The van der Waals surface area contributed by atoms with Gasteiger partial charge in [-0.1, -0.05) is 20.8 Å². The molecule has 0 radical (unpaired) electrons. The highest BCUT2D eigenvalue weighted by atomic mass is 79.9. The maximum absolute atomic E-state index is 4.50. The van der Waals surface area contributed by atoms with Crippen LogP contribution in [0.25, 0.3) is 0 Å². The first-order valence-corrected chi connectivity index (χ1v) is 9.07. The Morgan fingerprint density at radius 2 is 2.12 bits per heavy atom. The van der Waals surface area contributed by atoms with E-state index < -0.39 is 0 Å². The molecule has 0 fully saturated rings. The van der Waals surface area contributed by atoms with Crippen LogP contribution in [0.4, 0.5) is 17.6 Å². The van der Waals surface area contributed by atoms with Gasteiger partial charge in [-0.05, 0) is 28.1 Å². The summed E-state index contributed by atoms with van der Waals surface area (Å²) in [5.41, 5.74) is 1.97. The van der Waals surface area contributed by atoms with Crippen molar-refractivity contribution in [3.8, 4) is 0 Å². The van der Waals surface area contributed by atoms with Gasteiger partial charge >= 0.3 is 0 Å². The number of hydrogen-bond donors (Lipinski definition) is 3. The predicted octanol–water partition coefficient (Wildman–Crippen LogP) is 3.45. The standard InChI is InChI=1S/C17H21BrN8/c1-17(2,3)13-9-14(26-25-13)22-15-12(18)10-20-16(23-15)19-8-6-11-5-4-7-21-24-11/h4-5,7,9-10H,6,8H2,1-3H3,(H3,19,20,22,23,25,26). The van der Waals surface area contributed by atoms with Gasteiger partial charge in [-0.2, -0.15) is 20.3 Å². The SMILES string of the molecule is CC(C)(C)c1cc(Nc2nc(NCCc3cccnn3)ncc2Br)n[nH]1. The Bertz CT molecular complexity index is 857. The molecule has 0 bridgehead atoms. The van der Waals surface area contributed by atoms with Crippen LogP contribution in [0.15, 0.2) is 35.1 Å². The van der Waals surface area contributed by atoms with Crippen LogP contribution in [0.1, 0.15) is 32.2 Å². The van der Waals surface area contributed by atoms with Crippen molar-refractivity contribution in [3.63, 3.8) is 0 Å². The van der Waals surface area contributed by atoms with E-state index in [0.29, 0.717) is 24.1 Å². The van der Waals surface area contributed by atoms with Gasteiger partial charge in [0.1, 0.15) is 0 Å². The zero-order valence-electron chi connectivity index (χ0n) is 14.9. The lowest BCUT2D eigenvalue weighted by molar-refractivity contribution is 0.567. The van der Waals surface area contributed by atoms with Crippen LogP contribution in [0.5, 0.6) is 0 Å². The van der Waals surface area contributed by atoms with Crippen molar-refractivity contribution in [2.75, 3.05) is 17.2 Å². The minimum Gasteiger partial charge on any atom is -0.354 e. The van der Waals surface area contributed by atoms with Crippen molar-refractivity contribution in [1.29, 1.82) is 0 Å². The number of halogens is 1. The van der Waals surface area contributed by atoms with E-state index in [2.05, 4.69) is 77.7 Å². The molecule has 3 aromatic heterocycles. The Labute approximate surface area is 160 Å². The topological polar surface area (TPSA) is 104 Å². The molecule has 0 aliphatic carbocycles. The summed E-state index contributed by atoms with van der Waals surface area (Å²) in [7, 11) is 0. The van der Waals surface area contributed by atoms with E-state index in [1.165, 1.54) is 0 Å². The number of nitrogens with zero attached hydrogens (tertiary/aromatic N) is 5. The summed E-state index contributed by atoms with van der Waals surface area (Å²) >= 11 is 3.47. The average molecular weight is 417 g/mol. The highest BCUT2D eigenvalue weighted by Crippen LogP contribution is 2.26. The summed E-state index contributed by atoms with van der Waals surface area (Å²) in [5.74, 6) is 1.89. The minimum absolute atomic E-state index is 0.00286. The Kier molecular flexibility index (Phi) is 5.46. The zero-order chi connectivity index (χ0) is 18.6. The van der Waals surface area contributed by atoms with Crippen molar-refractivity contribution in [2.45, 2.75) is 32.6 Å². The molecule has 0 spiro atoms. The summed E-state index contributed by atoms with van der Waals surface area (Å²) in [6.07, 6.45) is 4.11. The van der Waals surface area contributed by atoms with Gasteiger partial charge in [0.05, 0.1) is 10.2 Å². The molecule has 0 aliphatic rings. The van der Waals surface area contributed by atoms with E-state index in [1.54, 1.807) is 12.4 Å². The first-order valence-electron chi connectivity index (χ1n) is 8.28. The fraction of sp³-hybridized carbons (Fsp3) is 0.353. The quantitative estimate of drug-likeness (QED) is 0.564. The molecule has 8 nitrogen and oxygen atoms in total. The molecule has 0 amide bonds. The van der Waals surface area contributed by atoms with Gasteiger partial charge in [-0.3, -0.25) is 5.10 Å². The monoisotopic (exact) mass is 416 g/mol. The van der Waals surface area contributed by atoms with Gasteiger partial charge in [0.25, 0.3) is 0 Å². The smallest absolute Gasteiger partial charge is 0.224 e. The highest BCUT2D eigenvalue weighted by Gasteiger charge is 2.17. The third-order valence-electron chi connectivity index (χ3n) is 3.67. The first-order chi connectivity index (χ1) is 12.4. The number of hydrogen-bond acceptors (Lipinski definition) is 7. The lowest BCUT2D eigenvalue weighted by Crippen LogP contribution is -2.11. The molecule has 3 aromatic rings. The van der Waals surface area contributed by atoms with Gasteiger partial charge in [0, 0.05) is 42.5 Å². The van der Waals surface area contributed by atoms with Gasteiger partial charge < -0.3 is 10.6 Å². The van der Waals surface area contributed by atoms with Gasteiger partial charge in [0.2, 0.25) is 5.95 Å². The van der Waals surface area contributed by atoms with E-state index in [0.717, 1.165) is 22.3 Å².